The minimum absolute atomic E-state index is 0.240. The number of furan rings is 1. The monoisotopic (exact) mass is 336 g/mol. The number of likely N-dealkylation sites (N-methyl/N-ethyl adjacent to an activating group) is 1. The van der Waals surface area contributed by atoms with Gasteiger partial charge in [-0.05, 0) is 48.0 Å². The van der Waals surface area contributed by atoms with Crippen LogP contribution in [0.5, 0.6) is 0 Å². The number of nitrogens with zero attached hydrogens (tertiary/aromatic N) is 2. The summed E-state index contributed by atoms with van der Waals surface area (Å²) in [6.07, 6.45) is 6.21. The van der Waals surface area contributed by atoms with Crippen LogP contribution in [0, 0.1) is 5.82 Å². The van der Waals surface area contributed by atoms with E-state index in [1.165, 1.54) is 29.4 Å². The molecule has 2 aromatic heterocycles. The largest absolute Gasteiger partial charge is 0.465 e. The van der Waals surface area contributed by atoms with Crippen molar-refractivity contribution in [3.63, 3.8) is 0 Å². The second kappa shape index (κ2) is 7.57. The summed E-state index contributed by atoms with van der Waals surface area (Å²) in [6.45, 7) is 0. The molecule has 0 saturated heterocycles. The lowest BCUT2D eigenvalue weighted by molar-refractivity contribution is -0.126. The molecule has 0 radical (unpaired) electrons. The Bertz CT molecular complexity index is 860. The number of amides is 1. The van der Waals surface area contributed by atoms with Gasteiger partial charge < -0.3 is 9.32 Å². The first kappa shape index (κ1) is 16.6. The number of carbonyl (C=O) groups is 1. The van der Waals surface area contributed by atoms with Gasteiger partial charge >= 0.3 is 0 Å². The Morgan fingerprint density at radius 1 is 1.20 bits per heavy atom. The zero-order chi connectivity index (χ0) is 17.6. The number of aromatic nitrogens is 1. The van der Waals surface area contributed by atoms with Gasteiger partial charge in [0.05, 0.1) is 18.0 Å². The minimum atomic E-state index is -0.495. The Labute approximate surface area is 145 Å². The van der Waals surface area contributed by atoms with Gasteiger partial charge in [0, 0.05) is 19.3 Å². The van der Waals surface area contributed by atoms with Crippen LogP contribution in [-0.2, 0) is 4.79 Å². The van der Waals surface area contributed by atoms with Crippen LogP contribution in [0.15, 0.2) is 77.6 Å². The quantitative estimate of drug-likeness (QED) is 0.660. The van der Waals surface area contributed by atoms with Crippen molar-refractivity contribution in [2.45, 2.75) is 6.04 Å². The molecule has 0 aliphatic rings. The van der Waals surface area contributed by atoms with Gasteiger partial charge in [-0.3, -0.25) is 9.78 Å². The van der Waals surface area contributed by atoms with Crippen LogP contribution in [0.1, 0.15) is 23.1 Å². The van der Waals surface area contributed by atoms with Gasteiger partial charge in [-0.1, -0.05) is 18.2 Å². The summed E-state index contributed by atoms with van der Waals surface area (Å²) in [5.41, 5.74) is 1.32. The van der Waals surface area contributed by atoms with Crippen LogP contribution in [0.4, 0.5) is 4.39 Å². The summed E-state index contributed by atoms with van der Waals surface area (Å²) in [6, 6.07) is 14.7. The number of hydrogen-bond donors (Lipinski definition) is 0. The van der Waals surface area contributed by atoms with Crippen molar-refractivity contribution < 1.29 is 13.6 Å². The van der Waals surface area contributed by atoms with Crippen LogP contribution in [-0.4, -0.2) is 22.8 Å². The van der Waals surface area contributed by atoms with Crippen molar-refractivity contribution in [3.8, 4) is 0 Å². The second-order valence-corrected chi connectivity index (χ2v) is 5.51. The summed E-state index contributed by atoms with van der Waals surface area (Å²) in [4.78, 5) is 18.5. The van der Waals surface area contributed by atoms with E-state index in [1.54, 1.807) is 49.7 Å². The summed E-state index contributed by atoms with van der Waals surface area (Å²) < 4.78 is 18.9. The van der Waals surface area contributed by atoms with E-state index in [1.807, 2.05) is 12.1 Å². The molecule has 0 aliphatic carbocycles. The van der Waals surface area contributed by atoms with Gasteiger partial charge in [0.1, 0.15) is 11.6 Å². The third kappa shape index (κ3) is 4.01. The van der Waals surface area contributed by atoms with E-state index in [4.69, 9.17) is 4.42 Å². The molecule has 4 nitrogen and oxygen atoms in total. The van der Waals surface area contributed by atoms with E-state index < -0.39 is 6.04 Å². The van der Waals surface area contributed by atoms with E-state index in [9.17, 15) is 9.18 Å². The van der Waals surface area contributed by atoms with Crippen LogP contribution in [0.2, 0.25) is 0 Å². The van der Waals surface area contributed by atoms with Gasteiger partial charge in [-0.25, -0.2) is 4.39 Å². The van der Waals surface area contributed by atoms with E-state index in [-0.39, 0.29) is 11.7 Å². The molecule has 25 heavy (non-hydrogen) atoms. The SMILES string of the molecule is CN(C(=O)/C=C\c1ccco1)[C@@H](c1cccc(F)c1)c1ccccn1. The first-order chi connectivity index (χ1) is 12.1. The maximum atomic E-state index is 13.7. The number of halogens is 1. The number of benzene rings is 1. The normalized spacial score (nSPS) is 12.2. The lowest BCUT2D eigenvalue weighted by atomic mass is 10.0. The Hall–Kier alpha value is -3.21. The molecular formula is C20H17FN2O2. The van der Waals surface area contributed by atoms with Gasteiger partial charge in [0.2, 0.25) is 5.91 Å². The van der Waals surface area contributed by atoms with Crippen molar-refractivity contribution in [1.29, 1.82) is 0 Å². The van der Waals surface area contributed by atoms with Gasteiger partial charge in [-0.15, -0.1) is 0 Å². The molecule has 5 heteroatoms. The van der Waals surface area contributed by atoms with E-state index in [2.05, 4.69) is 4.98 Å². The fraction of sp³-hybridized carbons (Fsp3) is 0.100. The minimum Gasteiger partial charge on any atom is -0.465 e. The van der Waals surface area contributed by atoms with E-state index >= 15 is 0 Å². The molecule has 1 amide bonds. The Morgan fingerprint density at radius 3 is 2.76 bits per heavy atom. The topological polar surface area (TPSA) is 46.3 Å². The van der Waals surface area contributed by atoms with Gasteiger partial charge in [-0.2, -0.15) is 0 Å². The molecule has 0 bridgehead atoms. The molecule has 0 aliphatic heterocycles. The van der Waals surface area contributed by atoms with E-state index in [0.717, 1.165) is 0 Å². The molecule has 0 N–H and O–H groups in total. The predicted octanol–water partition coefficient (Wildman–Crippen LogP) is 4.07. The maximum absolute atomic E-state index is 13.7. The van der Waals surface area contributed by atoms with Crippen molar-refractivity contribution in [2.24, 2.45) is 0 Å². The average Bonchev–Trinajstić information content (AvgIpc) is 3.14. The molecule has 3 aromatic rings. The summed E-state index contributed by atoms with van der Waals surface area (Å²) >= 11 is 0. The summed E-state index contributed by atoms with van der Waals surface area (Å²) in [5.74, 6) is -0.0105. The lowest BCUT2D eigenvalue weighted by Crippen LogP contribution is -2.31. The highest BCUT2D eigenvalue weighted by atomic mass is 19.1. The Kier molecular flexibility index (Phi) is 5.04. The van der Waals surface area contributed by atoms with Crippen LogP contribution in [0.3, 0.4) is 0 Å². The van der Waals surface area contributed by atoms with Crippen LogP contribution < -0.4 is 0 Å². The predicted molar refractivity (Wildman–Crippen MR) is 93.0 cm³/mol. The van der Waals surface area contributed by atoms with Crippen molar-refractivity contribution in [1.82, 2.24) is 9.88 Å². The first-order valence-electron chi connectivity index (χ1n) is 7.80. The number of carbonyl (C=O) groups excluding carboxylic acids is 1. The third-order valence-corrected chi connectivity index (χ3v) is 3.80. The smallest absolute Gasteiger partial charge is 0.247 e. The molecule has 0 spiro atoms. The zero-order valence-electron chi connectivity index (χ0n) is 13.7. The van der Waals surface area contributed by atoms with Gasteiger partial charge in [0.15, 0.2) is 0 Å². The second-order valence-electron chi connectivity index (χ2n) is 5.51. The molecule has 1 aromatic carbocycles. The Balaban J connectivity index is 1.92. The molecule has 3 rings (SSSR count). The highest BCUT2D eigenvalue weighted by molar-refractivity contribution is 5.91. The number of pyridine rings is 1. The van der Waals surface area contributed by atoms with Crippen molar-refractivity contribution in [3.05, 3.63) is 96.0 Å². The molecule has 0 fully saturated rings. The van der Waals surface area contributed by atoms with Crippen LogP contribution >= 0.6 is 0 Å². The third-order valence-electron chi connectivity index (χ3n) is 3.80. The Morgan fingerprint density at radius 2 is 2.08 bits per heavy atom. The molecule has 126 valence electrons. The van der Waals surface area contributed by atoms with E-state index in [0.29, 0.717) is 17.0 Å². The lowest BCUT2D eigenvalue weighted by Gasteiger charge is -2.27. The summed E-state index contributed by atoms with van der Waals surface area (Å²) in [5, 5.41) is 0. The molecule has 1 atom stereocenters. The van der Waals surface area contributed by atoms with Crippen molar-refractivity contribution >= 4 is 12.0 Å². The first-order valence-corrected chi connectivity index (χ1v) is 7.80. The number of hydrogen-bond acceptors (Lipinski definition) is 3. The summed E-state index contributed by atoms with van der Waals surface area (Å²) in [7, 11) is 1.67. The standard InChI is InChI=1S/C20H17FN2O2/c1-23(19(24)11-10-17-8-5-13-25-17)20(18-9-2-3-12-22-18)15-6-4-7-16(21)14-15/h2-14,20H,1H3/b11-10-/t20-/m0/s1. The fourth-order valence-electron chi connectivity index (χ4n) is 2.59. The average molecular weight is 336 g/mol. The molecule has 0 unspecified atom stereocenters. The molecule has 2 heterocycles. The van der Waals surface area contributed by atoms with Crippen molar-refractivity contribution in [2.75, 3.05) is 7.05 Å². The molecular weight excluding hydrogens is 319 g/mol. The fourth-order valence-corrected chi connectivity index (χ4v) is 2.59. The maximum Gasteiger partial charge on any atom is 0.247 e. The van der Waals surface area contributed by atoms with Crippen LogP contribution in [0.25, 0.3) is 6.08 Å². The molecule has 0 saturated carbocycles. The highest BCUT2D eigenvalue weighted by Gasteiger charge is 2.23. The number of rotatable bonds is 5. The highest BCUT2D eigenvalue weighted by Crippen LogP contribution is 2.27. The van der Waals surface area contributed by atoms with Gasteiger partial charge in [0.25, 0.3) is 0 Å². The zero-order valence-corrected chi connectivity index (χ0v) is 13.7.